The first-order valence-corrected chi connectivity index (χ1v) is 4.76. The molecule has 15 heavy (non-hydrogen) atoms. The smallest absolute Gasteiger partial charge is 0.162 e. The van der Waals surface area contributed by atoms with Crippen molar-refractivity contribution in [2.75, 3.05) is 0 Å². The second kappa shape index (κ2) is 4.87. The quantitative estimate of drug-likeness (QED) is 0.658. The van der Waals surface area contributed by atoms with Gasteiger partial charge in [0.05, 0.1) is 0 Å². The maximum atomic E-state index is 13.3. The SMILES string of the molecule is C=C(C)/C=C(\C)Cc1cccc(F)c1F. The molecule has 2 heteroatoms. The van der Waals surface area contributed by atoms with Gasteiger partial charge in [-0.05, 0) is 31.9 Å². The third-order valence-corrected chi connectivity index (χ3v) is 1.99. The maximum absolute atomic E-state index is 13.3. The minimum absolute atomic E-state index is 0.380. The van der Waals surface area contributed by atoms with Crippen LogP contribution < -0.4 is 0 Å². The van der Waals surface area contributed by atoms with Crippen LogP contribution in [0.3, 0.4) is 0 Å². The van der Waals surface area contributed by atoms with Crippen LogP contribution in [0.1, 0.15) is 19.4 Å². The van der Waals surface area contributed by atoms with Gasteiger partial charge in [0.2, 0.25) is 0 Å². The van der Waals surface area contributed by atoms with Crippen LogP contribution in [0.4, 0.5) is 8.78 Å². The van der Waals surface area contributed by atoms with E-state index in [1.807, 2.05) is 19.9 Å². The molecule has 0 radical (unpaired) electrons. The van der Waals surface area contributed by atoms with Gasteiger partial charge in [0, 0.05) is 0 Å². The van der Waals surface area contributed by atoms with Crippen LogP contribution in [0.15, 0.2) is 42.0 Å². The summed E-state index contributed by atoms with van der Waals surface area (Å²) in [6.45, 7) is 7.47. The lowest BCUT2D eigenvalue weighted by molar-refractivity contribution is 0.500. The van der Waals surface area contributed by atoms with Gasteiger partial charge in [0.25, 0.3) is 0 Å². The fourth-order valence-electron chi connectivity index (χ4n) is 1.46. The molecule has 0 fully saturated rings. The molecule has 0 aliphatic heterocycles. The first-order chi connectivity index (χ1) is 7.00. The van der Waals surface area contributed by atoms with Crippen molar-refractivity contribution in [3.05, 3.63) is 59.2 Å². The molecule has 80 valence electrons. The number of rotatable bonds is 3. The first-order valence-electron chi connectivity index (χ1n) is 4.76. The van der Waals surface area contributed by atoms with Crippen LogP contribution in [0, 0.1) is 11.6 Å². The molecule has 0 bridgehead atoms. The van der Waals surface area contributed by atoms with E-state index in [-0.39, 0.29) is 0 Å². The molecular weight excluding hydrogens is 194 g/mol. The fourth-order valence-corrected chi connectivity index (χ4v) is 1.46. The maximum Gasteiger partial charge on any atom is 0.162 e. The van der Waals surface area contributed by atoms with Crippen LogP contribution >= 0.6 is 0 Å². The molecule has 1 rings (SSSR count). The molecular formula is C13H14F2. The Morgan fingerprint density at radius 3 is 2.60 bits per heavy atom. The molecule has 0 saturated heterocycles. The van der Waals surface area contributed by atoms with E-state index in [2.05, 4.69) is 6.58 Å². The topological polar surface area (TPSA) is 0 Å². The largest absolute Gasteiger partial charge is 0.204 e. The van der Waals surface area contributed by atoms with Crippen molar-refractivity contribution in [3.8, 4) is 0 Å². The Hall–Kier alpha value is -1.44. The van der Waals surface area contributed by atoms with Crippen molar-refractivity contribution in [1.29, 1.82) is 0 Å². The molecule has 0 amide bonds. The van der Waals surface area contributed by atoms with Crippen LogP contribution in [-0.2, 0) is 6.42 Å². The highest BCUT2D eigenvalue weighted by Crippen LogP contribution is 2.15. The van der Waals surface area contributed by atoms with E-state index in [1.54, 1.807) is 6.07 Å². The summed E-state index contributed by atoms with van der Waals surface area (Å²) in [7, 11) is 0. The van der Waals surface area contributed by atoms with E-state index >= 15 is 0 Å². The van der Waals surface area contributed by atoms with Crippen molar-refractivity contribution in [1.82, 2.24) is 0 Å². The zero-order chi connectivity index (χ0) is 11.4. The number of hydrogen-bond donors (Lipinski definition) is 0. The van der Waals surface area contributed by atoms with Gasteiger partial charge in [-0.3, -0.25) is 0 Å². The molecule has 1 aromatic carbocycles. The van der Waals surface area contributed by atoms with E-state index in [0.29, 0.717) is 12.0 Å². The predicted molar refractivity (Wildman–Crippen MR) is 58.6 cm³/mol. The zero-order valence-electron chi connectivity index (χ0n) is 8.98. The van der Waals surface area contributed by atoms with Crippen LogP contribution in [0.2, 0.25) is 0 Å². The third-order valence-electron chi connectivity index (χ3n) is 1.99. The summed E-state index contributed by atoms with van der Waals surface area (Å²) in [5.74, 6) is -1.55. The number of hydrogen-bond acceptors (Lipinski definition) is 0. The summed E-state index contributed by atoms with van der Waals surface area (Å²) in [5.41, 5.74) is 2.25. The lowest BCUT2D eigenvalue weighted by atomic mass is 10.0. The highest BCUT2D eigenvalue weighted by atomic mass is 19.2. The van der Waals surface area contributed by atoms with Gasteiger partial charge < -0.3 is 0 Å². The van der Waals surface area contributed by atoms with E-state index < -0.39 is 11.6 Å². The molecule has 0 nitrogen and oxygen atoms in total. The lowest BCUT2D eigenvalue weighted by Gasteiger charge is -2.04. The summed E-state index contributed by atoms with van der Waals surface area (Å²) in [6.07, 6.45) is 2.28. The highest BCUT2D eigenvalue weighted by molar-refractivity contribution is 5.27. The summed E-state index contributed by atoms with van der Waals surface area (Å²) >= 11 is 0. The van der Waals surface area contributed by atoms with E-state index in [4.69, 9.17) is 0 Å². The zero-order valence-corrected chi connectivity index (χ0v) is 8.98. The van der Waals surface area contributed by atoms with Gasteiger partial charge in [0.1, 0.15) is 0 Å². The minimum Gasteiger partial charge on any atom is -0.204 e. The van der Waals surface area contributed by atoms with E-state index in [9.17, 15) is 8.78 Å². The van der Waals surface area contributed by atoms with Gasteiger partial charge in [0.15, 0.2) is 11.6 Å². The fraction of sp³-hybridized carbons (Fsp3) is 0.231. The van der Waals surface area contributed by atoms with Crippen LogP contribution in [-0.4, -0.2) is 0 Å². The highest BCUT2D eigenvalue weighted by Gasteiger charge is 2.07. The van der Waals surface area contributed by atoms with Gasteiger partial charge in [-0.15, -0.1) is 0 Å². The molecule has 0 aliphatic rings. The summed E-state index contributed by atoms with van der Waals surface area (Å²) in [6, 6.07) is 4.23. The van der Waals surface area contributed by atoms with Crippen LogP contribution in [0.25, 0.3) is 0 Å². The Kier molecular flexibility index (Phi) is 3.78. The molecule has 0 N–H and O–H groups in total. The van der Waals surface area contributed by atoms with Crippen molar-refractivity contribution in [2.24, 2.45) is 0 Å². The standard InChI is InChI=1S/C13H14F2/c1-9(2)7-10(3)8-11-5-4-6-12(14)13(11)15/h4-7H,1,8H2,2-3H3/b10-7+. The Labute approximate surface area is 88.9 Å². The molecule has 0 unspecified atom stereocenters. The van der Waals surface area contributed by atoms with Crippen molar-refractivity contribution in [2.45, 2.75) is 20.3 Å². The average molecular weight is 208 g/mol. The Bertz CT molecular complexity index is 403. The number of allylic oxidation sites excluding steroid dienone is 3. The molecule has 0 aromatic heterocycles. The predicted octanol–water partition coefficient (Wildman–Crippen LogP) is 4.03. The first kappa shape index (κ1) is 11.6. The third kappa shape index (κ3) is 3.31. The Morgan fingerprint density at radius 1 is 1.33 bits per heavy atom. The van der Waals surface area contributed by atoms with E-state index in [0.717, 1.165) is 17.2 Å². The van der Waals surface area contributed by atoms with Gasteiger partial charge in [-0.1, -0.05) is 35.9 Å². The van der Waals surface area contributed by atoms with Gasteiger partial charge in [-0.2, -0.15) is 0 Å². The second-order valence-corrected chi connectivity index (χ2v) is 3.73. The second-order valence-electron chi connectivity index (χ2n) is 3.73. The lowest BCUT2D eigenvalue weighted by Crippen LogP contribution is -1.95. The summed E-state index contributed by atoms with van der Waals surface area (Å²) in [4.78, 5) is 0. The molecule has 0 saturated carbocycles. The number of benzene rings is 1. The molecule has 0 atom stereocenters. The molecule has 0 heterocycles. The van der Waals surface area contributed by atoms with Gasteiger partial charge in [-0.25, -0.2) is 8.78 Å². The van der Waals surface area contributed by atoms with Crippen molar-refractivity contribution < 1.29 is 8.78 Å². The van der Waals surface area contributed by atoms with Crippen molar-refractivity contribution >= 4 is 0 Å². The Morgan fingerprint density at radius 2 is 2.00 bits per heavy atom. The number of halogens is 2. The van der Waals surface area contributed by atoms with Gasteiger partial charge >= 0.3 is 0 Å². The molecule has 0 spiro atoms. The summed E-state index contributed by atoms with van der Waals surface area (Å²) in [5, 5.41) is 0. The van der Waals surface area contributed by atoms with Crippen LogP contribution in [0.5, 0.6) is 0 Å². The average Bonchev–Trinajstić information content (AvgIpc) is 2.11. The summed E-state index contributed by atoms with van der Waals surface area (Å²) < 4.78 is 26.2. The van der Waals surface area contributed by atoms with Crippen molar-refractivity contribution in [3.63, 3.8) is 0 Å². The Balaban J connectivity index is 2.90. The monoisotopic (exact) mass is 208 g/mol. The normalized spacial score (nSPS) is 11.6. The van der Waals surface area contributed by atoms with E-state index in [1.165, 1.54) is 6.07 Å². The molecule has 0 aliphatic carbocycles. The minimum atomic E-state index is -0.796. The molecule has 1 aromatic rings.